The minimum Gasteiger partial charge on any atom is -0.414 e. The van der Waals surface area contributed by atoms with Crippen molar-refractivity contribution in [1.82, 2.24) is 0 Å². The van der Waals surface area contributed by atoms with Gasteiger partial charge in [0.15, 0.2) is 16.6 Å². The van der Waals surface area contributed by atoms with E-state index in [1.165, 1.54) is 49.1 Å². The summed E-state index contributed by atoms with van der Waals surface area (Å²) in [5, 5.41) is 0. The monoisotopic (exact) mass is 597 g/mol. The molecule has 0 unspecified atom stereocenters. The average Bonchev–Trinajstić information content (AvgIpc) is 3.28. The largest absolute Gasteiger partial charge is 0.414 e. The molecule has 0 amide bonds. The van der Waals surface area contributed by atoms with Crippen LogP contribution in [-0.4, -0.2) is 40.5 Å². The van der Waals surface area contributed by atoms with E-state index in [9.17, 15) is 0 Å². The van der Waals surface area contributed by atoms with E-state index < -0.39 is 16.6 Å². The van der Waals surface area contributed by atoms with Gasteiger partial charge in [0.25, 0.3) is 0 Å². The van der Waals surface area contributed by atoms with Crippen LogP contribution in [0.1, 0.15) is 135 Å². The molecule has 0 aromatic heterocycles. The number of unbranched alkanes of at least 4 members (excludes halogenated alkanes) is 1. The zero-order chi connectivity index (χ0) is 30.6. The molecule has 0 radical (unpaired) electrons. The van der Waals surface area contributed by atoms with E-state index in [1.807, 2.05) is 0 Å². The number of rotatable bonds is 21. The van der Waals surface area contributed by atoms with Gasteiger partial charge in [0, 0.05) is 5.92 Å². The third kappa shape index (κ3) is 9.53. The highest BCUT2D eigenvalue weighted by Gasteiger charge is 2.53. The Morgan fingerprint density at radius 2 is 1.38 bits per heavy atom. The van der Waals surface area contributed by atoms with Crippen LogP contribution < -0.4 is 0 Å². The second-order valence-electron chi connectivity index (χ2n) is 13.4. The van der Waals surface area contributed by atoms with Gasteiger partial charge in [0.05, 0.1) is 23.9 Å². The molecule has 0 aromatic carbocycles. The number of hydrogen-bond acceptors (Lipinski definition) is 3. The van der Waals surface area contributed by atoms with Crippen LogP contribution >= 0.6 is 0 Å². The van der Waals surface area contributed by atoms with E-state index in [0.717, 1.165) is 32.1 Å². The average molecular weight is 597 g/mol. The number of hydrogen-bond donors (Lipinski definition) is 0. The van der Waals surface area contributed by atoms with Crippen LogP contribution in [0, 0.1) is 17.8 Å². The molecular weight excluding hydrogens is 525 g/mol. The van der Waals surface area contributed by atoms with Crippen molar-refractivity contribution in [2.24, 2.45) is 17.8 Å². The minimum absolute atomic E-state index is 0.136. The van der Waals surface area contributed by atoms with Gasteiger partial charge < -0.3 is 13.6 Å². The summed E-state index contributed by atoms with van der Waals surface area (Å²) in [7, 11) is -3.51. The first kappa shape index (κ1) is 38.1. The van der Waals surface area contributed by atoms with Gasteiger partial charge in [-0.05, 0) is 93.5 Å². The van der Waals surface area contributed by atoms with Gasteiger partial charge in [-0.2, -0.15) is 0 Å². The summed E-state index contributed by atoms with van der Waals surface area (Å²) in [4.78, 5) is 0. The maximum Gasteiger partial charge on any atom is 0.192 e. The third-order valence-corrected chi connectivity index (χ3v) is 20.3. The molecule has 40 heavy (non-hydrogen) atoms. The molecule has 1 aliphatic rings. The lowest BCUT2D eigenvalue weighted by atomic mass is 9.79. The van der Waals surface area contributed by atoms with Crippen molar-refractivity contribution < 1.29 is 13.6 Å². The highest BCUT2D eigenvalue weighted by atomic mass is 28.4. The zero-order valence-corrected chi connectivity index (χ0v) is 31.5. The fraction of sp³-hybridized carbons (Fsp3) is 0.943. The lowest BCUT2D eigenvalue weighted by Crippen LogP contribution is -2.53. The maximum absolute atomic E-state index is 7.48. The van der Waals surface area contributed by atoms with E-state index in [2.05, 4.69) is 96.1 Å². The molecule has 1 aliphatic heterocycles. The van der Waals surface area contributed by atoms with Crippen LogP contribution in [0.25, 0.3) is 0 Å². The Morgan fingerprint density at radius 1 is 0.850 bits per heavy atom. The summed E-state index contributed by atoms with van der Waals surface area (Å²) in [6, 6.07) is 7.19. The highest BCUT2D eigenvalue weighted by molar-refractivity contribution is 6.74. The number of allylic oxidation sites excluding steroid dienone is 2. The molecule has 0 saturated carbocycles. The van der Waals surface area contributed by atoms with E-state index >= 15 is 0 Å². The zero-order valence-electron chi connectivity index (χ0n) is 29.5. The topological polar surface area (TPSA) is 27.7 Å². The summed E-state index contributed by atoms with van der Waals surface area (Å²) in [6.45, 7) is 30.8. The second kappa shape index (κ2) is 18.0. The van der Waals surface area contributed by atoms with Crippen LogP contribution in [0.5, 0.6) is 0 Å². The Morgan fingerprint density at radius 3 is 1.80 bits per heavy atom. The molecular formula is C35H72O3Si2. The van der Waals surface area contributed by atoms with E-state index in [4.69, 9.17) is 13.6 Å². The Labute approximate surface area is 254 Å². The van der Waals surface area contributed by atoms with Gasteiger partial charge >= 0.3 is 0 Å². The first-order chi connectivity index (χ1) is 19.0. The van der Waals surface area contributed by atoms with Gasteiger partial charge in [0.1, 0.15) is 0 Å². The molecule has 0 aliphatic carbocycles. The molecule has 1 fully saturated rings. The molecule has 0 N–H and O–H groups in total. The first-order valence-electron chi connectivity index (χ1n) is 17.7. The van der Waals surface area contributed by atoms with Crippen LogP contribution in [0.2, 0.25) is 36.3 Å². The fourth-order valence-electron chi connectivity index (χ4n) is 7.78. The lowest BCUT2D eigenvalue weighted by Gasteiger charge is -2.45. The van der Waals surface area contributed by atoms with Crippen molar-refractivity contribution in [2.75, 3.05) is 0 Å². The standard InChI is InChI=1S/C35H72O3Si2/c1-14-24-25-30(15-2)26-28(11)34(38-40(21-8,22-9)23-10)35(13)27-29(12)33(36-35)31(16-3)32(17-4)37-39(18-5,19-6)20-7/h25,28-29,31-34H,14-24,26-27H2,1-13H3/b30-25+/t28-,29+,31+,32-,33+,34-,35+/m1/s1. The predicted molar refractivity (Wildman–Crippen MR) is 182 cm³/mol. The summed E-state index contributed by atoms with van der Waals surface area (Å²) >= 11 is 0. The van der Waals surface area contributed by atoms with E-state index in [-0.39, 0.29) is 17.8 Å². The molecule has 0 bridgehead atoms. The van der Waals surface area contributed by atoms with Crippen molar-refractivity contribution in [2.45, 2.75) is 195 Å². The molecule has 0 spiro atoms. The smallest absolute Gasteiger partial charge is 0.192 e. The van der Waals surface area contributed by atoms with Gasteiger partial charge in [-0.3, -0.25) is 0 Å². The molecule has 1 rings (SSSR count). The number of ether oxygens (including phenoxy) is 1. The van der Waals surface area contributed by atoms with Crippen LogP contribution in [0.3, 0.4) is 0 Å². The van der Waals surface area contributed by atoms with E-state index in [0.29, 0.717) is 23.9 Å². The summed E-state index contributed by atoms with van der Waals surface area (Å²) in [6.07, 6.45) is 11.1. The van der Waals surface area contributed by atoms with Gasteiger partial charge in [-0.25, -0.2) is 0 Å². The Bertz CT molecular complexity index is 701. The van der Waals surface area contributed by atoms with Gasteiger partial charge in [-0.1, -0.05) is 101 Å². The molecule has 1 saturated heterocycles. The van der Waals surface area contributed by atoms with Crippen molar-refractivity contribution in [3.05, 3.63) is 11.6 Å². The summed E-state index contributed by atoms with van der Waals surface area (Å²) in [5.41, 5.74) is 1.34. The highest BCUT2D eigenvalue weighted by Crippen LogP contribution is 2.47. The van der Waals surface area contributed by atoms with Crippen molar-refractivity contribution in [1.29, 1.82) is 0 Å². The Balaban J connectivity index is 3.43. The first-order valence-corrected chi connectivity index (χ1v) is 22.7. The van der Waals surface area contributed by atoms with Gasteiger partial charge in [-0.15, -0.1) is 0 Å². The van der Waals surface area contributed by atoms with E-state index in [1.54, 1.807) is 5.57 Å². The molecule has 0 aromatic rings. The molecule has 7 atom stereocenters. The Kier molecular flexibility index (Phi) is 17.1. The lowest BCUT2D eigenvalue weighted by molar-refractivity contribution is -0.139. The summed E-state index contributed by atoms with van der Waals surface area (Å²) < 4.78 is 22.1. The SMILES string of the molecule is CCC/C=C(\CC)C[C@@H](C)[C@@H](O[Si](CC)(CC)CC)[C@]1(C)C[C@H](C)[C@@H]([C@@H](CC)[C@@H](CC)O[Si](CC)(CC)CC)O1. The van der Waals surface area contributed by atoms with Crippen molar-refractivity contribution in [3.63, 3.8) is 0 Å². The quantitative estimate of drug-likeness (QED) is 0.0974. The van der Waals surface area contributed by atoms with Crippen molar-refractivity contribution in [3.8, 4) is 0 Å². The third-order valence-electron chi connectivity index (χ3n) is 11.0. The van der Waals surface area contributed by atoms with Crippen LogP contribution in [0.15, 0.2) is 11.6 Å². The molecule has 238 valence electrons. The van der Waals surface area contributed by atoms with Gasteiger partial charge in [0.2, 0.25) is 0 Å². The Hall–Kier alpha value is 0.0538. The normalized spacial score (nSPS) is 25.7. The van der Waals surface area contributed by atoms with Crippen LogP contribution in [0.4, 0.5) is 0 Å². The van der Waals surface area contributed by atoms with Crippen LogP contribution in [-0.2, 0) is 13.6 Å². The predicted octanol–water partition coefficient (Wildman–Crippen LogP) is 11.5. The summed E-state index contributed by atoms with van der Waals surface area (Å²) in [5.74, 6) is 1.39. The second-order valence-corrected chi connectivity index (χ2v) is 22.9. The molecule has 5 heteroatoms. The maximum atomic E-state index is 7.48. The molecule has 3 nitrogen and oxygen atoms in total. The minimum atomic E-state index is -1.82. The van der Waals surface area contributed by atoms with Crippen molar-refractivity contribution >= 4 is 16.6 Å². The molecule has 1 heterocycles. The fourth-order valence-corrected chi connectivity index (χ4v) is 13.8.